The predicted molar refractivity (Wildman–Crippen MR) is 73.1 cm³/mol. The summed E-state index contributed by atoms with van der Waals surface area (Å²) in [5, 5.41) is 7.23. The minimum absolute atomic E-state index is 0.0193. The molecule has 0 aliphatic heterocycles. The number of rotatable bonds is 3. The summed E-state index contributed by atoms with van der Waals surface area (Å²) < 4.78 is 28.2. The third-order valence-corrected chi connectivity index (χ3v) is 4.57. The quantitative estimate of drug-likeness (QED) is 0.616. The predicted octanol–water partition coefficient (Wildman–Crippen LogP) is -0.138. The summed E-state index contributed by atoms with van der Waals surface area (Å²) in [6.45, 7) is 0. The van der Waals surface area contributed by atoms with E-state index in [9.17, 15) is 13.2 Å². The molecule has 0 saturated heterocycles. The highest BCUT2D eigenvalue weighted by Crippen LogP contribution is 2.24. The Morgan fingerprint density at radius 2 is 2.20 bits per heavy atom. The van der Waals surface area contributed by atoms with E-state index >= 15 is 0 Å². The number of anilines is 2. The maximum Gasteiger partial charge on any atom is 0.282 e. The lowest BCUT2D eigenvalue weighted by Gasteiger charge is -2.06. The van der Waals surface area contributed by atoms with Crippen LogP contribution in [-0.4, -0.2) is 28.0 Å². The average Bonchev–Trinajstić information content (AvgIpc) is 2.91. The number of aromatic amines is 1. The normalized spacial score (nSPS) is 11.8. The standard InChI is InChI=1S/C9H8N6O3S2/c10-7-8(15-3-4-19-9(15)11-7)20(17,18)14-5-1-2-6(16)13-12-5/h1-4H,10H2,(H,12,14)(H,13,16). The highest BCUT2D eigenvalue weighted by Gasteiger charge is 2.25. The minimum atomic E-state index is -3.96. The van der Waals surface area contributed by atoms with Crippen LogP contribution in [0, 0.1) is 0 Å². The second-order valence-electron chi connectivity index (χ2n) is 3.77. The van der Waals surface area contributed by atoms with Crippen LogP contribution in [0.3, 0.4) is 0 Å². The van der Waals surface area contributed by atoms with Gasteiger partial charge in [-0.15, -0.1) is 11.3 Å². The summed E-state index contributed by atoms with van der Waals surface area (Å²) in [4.78, 5) is 15.3. The van der Waals surface area contributed by atoms with Gasteiger partial charge in [-0.25, -0.2) is 10.1 Å². The van der Waals surface area contributed by atoms with Crippen molar-refractivity contribution in [3.05, 3.63) is 34.1 Å². The van der Waals surface area contributed by atoms with Gasteiger partial charge in [-0.05, 0) is 6.07 Å². The van der Waals surface area contributed by atoms with E-state index in [1.807, 2.05) is 0 Å². The van der Waals surface area contributed by atoms with Crippen LogP contribution >= 0.6 is 11.3 Å². The van der Waals surface area contributed by atoms with Gasteiger partial charge in [0.2, 0.25) is 5.03 Å². The van der Waals surface area contributed by atoms with Gasteiger partial charge in [0.15, 0.2) is 16.6 Å². The van der Waals surface area contributed by atoms with Gasteiger partial charge in [0.05, 0.1) is 0 Å². The number of thiazole rings is 1. The Bertz CT molecular complexity index is 918. The zero-order valence-electron chi connectivity index (χ0n) is 9.77. The van der Waals surface area contributed by atoms with E-state index in [1.54, 1.807) is 11.6 Å². The third kappa shape index (κ3) is 2.02. The van der Waals surface area contributed by atoms with Crippen LogP contribution in [0.1, 0.15) is 0 Å². The first-order chi connectivity index (χ1) is 9.47. The van der Waals surface area contributed by atoms with Gasteiger partial charge in [0.1, 0.15) is 0 Å². The lowest BCUT2D eigenvalue weighted by Crippen LogP contribution is -2.18. The highest BCUT2D eigenvalue weighted by atomic mass is 32.2. The van der Waals surface area contributed by atoms with Crippen molar-refractivity contribution in [2.45, 2.75) is 5.03 Å². The number of nitrogens with two attached hydrogens (primary N) is 1. The molecule has 0 aliphatic rings. The van der Waals surface area contributed by atoms with Crippen LogP contribution in [0.4, 0.5) is 11.6 Å². The molecule has 3 aromatic heterocycles. The van der Waals surface area contributed by atoms with Crippen molar-refractivity contribution < 1.29 is 8.42 Å². The molecule has 0 bridgehead atoms. The van der Waals surface area contributed by atoms with E-state index in [-0.39, 0.29) is 16.7 Å². The first kappa shape index (κ1) is 12.6. The number of hydrogen-bond donors (Lipinski definition) is 3. The molecule has 104 valence electrons. The summed E-state index contributed by atoms with van der Waals surface area (Å²) in [5.41, 5.74) is 5.21. The first-order valence-electron chi connectivity index (χ1n) is 5.27. The number of nitrogens with one attached hydrogen (secondary N) is 2. The molecule has 3 aromatic rings. The van der Waals surface area contributed by atoms with Gasteiger partial charge in [0, 0.05) is 17.6 Å². The van der Waals surface area contributed by atoms with Crippen LogP contribution in [0.5, 0.6) is 0 Å². The molecule has 0 aliphatic carbocycles. The van der Waals surface area contributed by atoms with Crippen molar-refractivity contribution in [1.82, 2.24) is 19.6 Å². The Morgan fingerprint density at radius 1 is 1.40 bits per heavy atom. The smallest absolute Gasteiger partial charge is 0.282 e. The van der Waals surface area contributed by atoms with Crippen LogP contribution in [-0.2, 0) is 10.0 Å². The van der Waals surface area contributed by atoms with E-state index in [2.05, 4.69) is 19.9 Å². The summed E-state index contributed by atoms with van der Waals surface area (Å²) >= 11 is 1.26. The van der Waals surface area contributed by atoms with Crippen LogP contribution in [0.15, 0.2) is 33.5 Å². The topological polar surface area (TPSA) is 135 Å². The van der Waals surface area contributed by atoms with Crippen molar-refractivity contribution in [3.8, 4) is 0 Å². The Hall–Kier alpha value is -2.40. The fraction of sp³-hybridized carbons (Fsp3) is 0. The molecule has 0 fully saturated rings. The van der Waals surface area contributed by atoms with Crippen LogP contribution < -0.4 is 16.0 Å². The highest BCUT2D eigenvalue weighted by molar-refractivity contribution is 7.92. The fourth-order valence-corrected chi connectivity index (χ4v) is 3.63. The number of fused-ring (bicyclic) bond motifs is 1. The largest absolute Gasteiger partial charge is 0.381 e. The molecule has 0 amide bonds. The zero-order chi connectivity index (χ0) is 14.3. The monoisotopic (exact) mass is 312 g/mol. The van der Waals surface area contributed by atoms with Gasteiger partial charge < -0.3 is 5.73 Å². The Morgan fingerprint density at radius 3 is 2.90 bits per heavy atom. The zero-order valence-corrected chi connectivity index (χ0v) is 11.4. The molecular weight excluding hydrogens is 304 g/mol. The van der Waals surface area contributed by atoms with Gasteiger partial charge in [-0.2, -0.15) is 13.5 Å². The molecule has 0 unspecified atom stereocenters. The van der Waals surface area contributed by atoms with Crippen LogP contribution in [0.2, 0.25) is 0 Å². The van der Waals surface area contributed by atoms with E-state index in [0.29, 0.717) is 4.96 Å². The summed E-state index contributed by atoms with van der Waals surface area (Å²) in [5.74, 6) is -0.122. The Kier molecular flexibility index (Phi) is 2.72. The fourth-order valence-electron chi connectivity index (χ4n) is 1.64. The number of H-pyrrole nitrogens is 1. The lowest BCUT2D eigenvalue weighted by atomic mass is 10.5. The van der Waals surface area contributed by atoms with Crippen molar-refractivity contribution in [2.24, 2.45) is 0 Å². The molecule has 11 heteroatoms. The number of sulfonamides is 1. The summed E-state index contributed by atoms with van der Waals surface area (Å²) in [6.07, 6.45) is 1.55. The molecule has 3 heterocycles. The number of aromatic nitrogens is 4. The van der Waals surface area contributed by atoms with Crippen LogP contribution in [0.25, 0.3) is 4.96 Å². The Balaban J connectivity index is 2.07. The van der Waals surface area contributed by atoms with Crippen molar-refractivity contribution in [3.63, 3.8) is 0 Å². The molecule has 0 atom stereocenters. The first-order valence-corrected chi connectivity index (χ1v) is 7.63. The number of imidazole rings is 1. The second-order valence-corrected chi connectivity index (χ2v) is 6.24. The minimum Gasteiger partial charge on any atom is -0.381 e. The van der Waals surface area contributed by atoms with Gasteiger partial charge in [-0.3, -0.25) is 13.9 Å². The van der Waals surface area contributed by atoms with Gasteiger partial charge >= 0.3 is 0 Å². The number of nitrogens with zero attached hydrogens (tertiary/aromatic N) is 3. The van der Waals surface area contributed by atoms with Crippen molar-refractivity contribution in [1.29, 1.82) is 0 Å². The van der Waals surface area contributed by atoms with E-state index in [4.69, 9.17) is 5.73 Å². The number of hydrogen-bond acceptors (Lipinski definition) is 7. The molecule has 0 spiro atoms. The Labute approximate surface area is 116 Å². The van der Waals surface area contributed by atoms with E-state index < -0.39 is 15.6 Å². The third-order valence-electron chi connectivity index (χ3n) is 2.42. The SMILES string of the molecule is Nc1nc2sccn2c1S(=O)(=O)Nc1ccc(=O)[nH]n1. The molecule has 3 rings (SSSR count). The second kappa shape index (κ2) is 4.31. The van der Waals surface area contributed by atoms with Gasteiger partial charge in [-0.1, -0.05) is 0 Å². The molecule has 20 heavy (non-hydrogen) atoms. The molecule has 0 radical (unpaired) electrons. The maximum absolute atomic E-state index is 12.3. The molecule has 9 nitrogen and oxygen atoms in total. The maximum atomic E-state index is 12.3. The van der Waals surface area contributed by atoms with E-state index in [0.717, 1.165) is 6.07 Å². The number of nitrogen functional groups attached to an aromatic ring is 1. The van der Waals surface area contributed by atoms with Crippen molar-refractivity contribution in [2.75, 3.05) is 10.5 Å². The molecule has 4 N–H and O–H groups in total. The van der Waals surface area contributed by atoms with E-state index in [1.165, 1.54) is 21.8 Å². The summed E-state index contributed by atoms with van der Waals surface area (Å²) in [6, 6.07) is 2.41. The molecular formula is C9H8N6O3S2. The summed E-state index contributed by atoms with van der Waals surface area (Å²) in [7, 11) is -3.96. The van der Waals surface area contributed by atoms with Crippen molar-refractivity contribution >= 4 is 38.0 Å². The van der Waals surface area contributed by atoms with Gasteiger partial charge in [0.25, 0.3) is 15.6 Å². The molecule has 0 saturated carbocycles. The molecule has 0 aromatic carbocycles. The average molecular weight is 312 g/mol. The lowest BCUT2D eigenvalue weighted by molar-refractivity contribution is 0.597.